The molecule has 0 fully saturated rings. The first-order valence-electron chi connectivity index (χ1n) is 6.04. The molecule has 0 aliphatic rings. The number of nitrogens with two attached hydrogens (primary N) is 1. The van der Waals surface area contributed by atoms with Crippen molar-refractivity contribution in [1.29, 1.82) is 0 Å². The van der Waals surface area contributed by atoms with Crippen LogP contribution in [0.3, 0.4) is 0 Å². The Morgan fingerprint density at radius 1 is 1.16 bits per heavy atom. The summed E-state index contributed by atoms with van der Waals surface area (Å²) in [6.07, 6.45) is 0. The molecule has 2 N–H and O–H groups in total. The lowest BCUT2D eigenvalue weighted by molar-refractivity contribution is 0.959. The van der Waals surface area contributed by atoms with Crippen LogP contribution in [-0.4, -0.2) is 9.55 Å². The molecule has 0 unspecified atom stereocenters. The van der Waals surface area contributed by atoms with E-state index in [1.54, 1.807) is 6.07 Å². The molecule has 0 aliphatic carbocycles. The molecular formula is C15H14ClN3. The Kier molecular flexibility index (Phi) is 2.72. The number of nitrogen functional groups attached to an aromatic ring is 1. The molecule has 0 radical (unpaired) electrons. The summed E-state index contributed by atoms with van der Waals surface area (Å²) in [6, 6.07) is 11.7. The summed E-state index contributed by atoms with van der Waals surface area (Å²) in [6.45, 7) is 2.06. The van der Waals surface area contributed by atoms with Crippen molar-refractivity contribution in [3.05, 3.63) is 47.0 Å². The van der Waals surface area contributed by atoms with Crippen LogP contribution in [0.15, 0.2) is 36.4 Å². The standard InChI is InChI=1S/C15H14ClN3/c1-9-3-4-14-13(5-9)18-15(19(14)2)10-6-11(16)8-12(17)7-10/h3-8H,17H2,1-2H3. The third kappa shape index (κ3) is 2.06. The van der Waals surface area contributed by atoms with E-state index >= 15 is 0 Å². The zero-order chi connectivity index (χ0) is 13.6. The SMILES string of the molecule is Cc1ccc2c(c1)nc(-c1cc(N)cc(Cl)c1)n2C. The van der Waals surface area contributed by atoms with Crippen LogP contribution < -0.4 is 5.73 Å². The van der Waals surface area contributed by atoms with Gasteiger partial charge < -0.3 is 10.3 Å². The summed E-state index contributed by atoms with van der Waals surface area (Å²) in [5.41, 5.74) is 10.7. The van der Waals surface area contributed by atoms with Crippen LogP contribution in [0, 0.1) is 6.92 Å². The molecule has 0 atom stereocenters. The van der Waals surface area contributed by atoms with Crippen molar-refractivity contribution in [2.75, 3.05) is 5.73 Å². The highest BCUT2D eigenvalue weighted by atomic mass is 35.5. The number of halogens is 1. The Morgan fingerprint density at radius 2 is 1.95 bits per heavy atom. The van der Waals surface area contributed by atoms with E-state index in [2.05, 4.69) is 34.7 Å². The van der Waals surface area contributed by atoms with Crippen molar-refractivity contribution in [2.45, 2.75) is 6.92 Å². The average Bonchev–Trinajstić information content (AvgIpc) is 2.65. The highest BCUT2D eigenvalue weighted by molar-refractivity contribution is 6.31. The van der Waals surface area contributed by atoms with Gasteiger partial charge in [0.15, 0.2) is 0 Å². The predicted molar refractivity (Wildman–Crippen MR) is 80.3 cm³/mol. The molecule has 0 saturated carbocycles. The number of hydrogen-bond acceptors (Lipinski definition) is 2. The minimum absolute atomic E-state index is 0.623. The molecule has 3 rings (SSSR count). The Balaban J connectivity index is 2.27. The van der Waals surface area contributed by atoms with Gasteiger partial charge in [-0.15, -0.1) is 0 Å². The molecule has 2 aromatic carbocycles. The molecule has 4 heteroatoms. The van der Waals surface area contributed by atoms with Gasteiger partial charge in [-0.25, -0.2) is 4.98 Å². The lowest BCUT2D eigenvalue weighted by Gasteiger charge is -2.04. The minimum atomic E-state index is 0.623. The number of hydrogen-bond donors (Lipinski definition) is 1. The van der Waals surface area contributed by atoms with Crippen LogP contribution in [0.1, 0.15) is 5.56 Å². The number of rotatable bonds is 1. The molecule has 1 aromatic heterocycles. The van der Waals surface area contributed by atoms with Crippen molar-refractivity contribution >= 4 is 28.3 Å². The first-order chi connectivity index (χ1) is 9.04. The molecule has 0 bridgehead atoms. The largest absolute Gasteiger partial charge is 0.399 e. The molecule has 3 aromatic rings. The van der Waals surface area contributed by atoms with Crippen molar-refractivity contribution in [3.63, 3.8) is 0 Å². The second-order valence-electron chi connectivity index (χ2n) is 4.76. The average molecular weight is 272 g/mol. The van der Waals surface area contributed by atoms with Crippen molar-refractivity contribution < 1.29 is 0 Å². The topological polar surface area (TPSA) is 43.8 Å². The maximum absolute atomic E-state index is 6.06. The maximum Gasteiger partial charge on any atom is 0.140 e. The molecule has 0 amide bonds. The molecule has 96 valence electrons. The molecule has 0 spiro atoms. The van der Waals surface area contributed by atoms with Gasteiger partial charge in [-0.05, 0) is 42.8 Å². The van der Waals surface area contributed by atoms with Gasteiger partial charge in [-0.1, -0.05) is 17.7 Å². The van der Waals surface area contributed by atoms with E-state index in [9.17, 15) is 0 Å². The summed E-state index contributed by atoms with van der Waals surface area (Å²) < 4.78 is 2.06. The predicted octanol–water partition coefficient (Wildman–Crippen LogP) is 3.78. The number of benzene rings is 2. The monoisotopic (exact) mass is 271 g/mol. The van der Waals surface area contributed by atoms with Crippen LogP contribution in [0.4, 0.5) is 5.69 Å². The summed E-state index contributed by atoms with van der Waals surface area (Å²) in [7, 11) is 2.00. The summed E-state index contributed by atoms with van der Waals surface area (Å²) in [5.74, 6) is 0.870. The number of nitrogens with zero attached hydrogens (tertiary/aromatic N) is 2. The Hall–Kier alpha value is -2.00. The van der Waals surface area contributed by atoms with E-state index in [0.29, 0.717) is 10.7 Å². The Morgan fingerprint density at radius 3 is 2.68 bits per heavy atom. The highest BCUT2D eigenvalue weighted by Gasteiger charge is 2.10. The number of aryl methyl sites for hydroxylation is 2. The van der Waals surface area contributed by atoms with Gasteiger partial charge in [0.25, 0.3) is 0 Å². The number of aromatic nitrogens is 2. The first-order valence-corrected chi connectivity index (χ1v) is 6.42. The zero-order valence-corrected chi connectivity index (χ0v) is 11.6. The molecule has 0 aliphatic heterocycles. The van der Waals surface area contributed by atoms with E-state index in [1.807, 2.05) is 19.2 Å². The normalized spacial score (nSPS) is 11.1. The van der Waals surface area contributed by atoms with Crippen LogP contribution in [-0.2, 0) is 7.05 Å². The van der Waals surface area contributed by atoms with Crippen LogP contribution >= 0.6 is 11.6 Å². The van der Waals surface area contributed by atoms with Gasteiger partial charge in [-0.3, -0.25) is 0 Å². The quantitative estimate of drug-likeness (QED) is 0.685. The smallest absolute Gasteiger partial charge is 0.140 e. The van der Waals surface area contributed by atoms with Gasteiger partial charge in [0, 0.05) is 23.3 Å². The summed E-state index contributed by atoms with van der Waals surface area (Å²) in [5, 5.41) is 0.623. The van der Waals surface area contributed by atoms with Gasteiger partial charge >= 0.3 is 0 Å². The molecular weight excluding hydrogens is 258 g/mol. The van der Waals surface area contributed by atoms with E-state index in [1.165, 1.54) is 5.56 Å². The first kappa shape index (κ1) is 12.1. The van der Waals surface area contributed by atoms with Gasteiger partial charge in [0.05, 0.1) is 11.0 Å². The third-order valence-corrected chi connectivity index (χ3v) is 3.43. The van der Waals surface area contributed by atoms with Gasteiger partial charge in [0.2, 0.25) is 0 Å². The third-order valence-electron chi connectivity index (χ3n) is 3.21. The molecule has 19 heavy (non-hydrogen) atoms. The minimum Gasteiger partial charge on any atom is -0.399 e. The van der Waals surface area contributed by atoms with E-state index < -0.39 is 0 Å². The molecule has 1 heterocycles. The molecule has 0 saturated heterocycles. The molecule has 3 nitrogen and oxygen atoms in total. The lowest BCUT2D eigenvalue weighted by atomic mass is 10.2. The highest BCUT2D eigenvalue weighted by Crippen LogP contribution is 2.28. The van der Waals surface area contributed by atoms with Crippen molar-refractivity contribution in [2.24, 2.45) is 7.05 Å². The Labute approximate surface area is 116 Å². The van der Waals surface area contributed by atoms with E-state index in [0.717, 1.165) is 22.4 Å². The second-order valence-corrected chi connectivity index (χ2v) is 5.20. The summed E-state index contributed by atoms with van der Waals surface area (Å²) >= 11 is 6.06. The van der Waals surface area contributed by atoms with Crippen molar-refractivity contribution in [3.8, 4) is 11.4 Å². The fourth-order valence-electron chi connectivity index (χ4n) is 2.31. The van der Waals surface area contributed by atoms with Gasteiger partial charge in [-0.2, -0.15) is 0 Å². The lowest BCUT2D eigenvalue weighted by Crippen LogP contribution is -1.94. The van der Waals surface area contributed by atoms with Crippen LogP contribution in [0.25, 0.3) is 22.4 Å². The van der Waals surface area contributed by atoms with Gasteiger partial charge in [0.1, 0.15) is 5.82 Å². The van der Waals surface area contributed by atoms with E-state index in [-0.39, 0.29) is 0 Å². The Bertz CT molecular complexity index is 754. The van der Waals surface area contributed by atoms with Crippen LogP contribution in [0.5, 0.6) is 0 Å². The fourth-order valence-corrected chi connectivity index (χ4v) is 2.55. The zero-order valence-electron chi connectivity index (χ0n) is 10.8. The second kappa shape index (κ2) is 4.28. The fraction of sp³-hybridized carbons (Fsp3) is 0.133. The maximum atomic E-state index is 6.06. The summed E-state index contributed by atoms with van der Waals surface area (Å²) in [4.78, 5) is 4.67. The number of fused-ring (bicyclic) bond motifs is 1. The van der Waals surface area contributed by atoms with Crippen LogP contribution in [0.2, 0.25) is 5.02 Å². The number of imidazole rings is 1. The van der Waals surface area contributed by atoms with E-state index in [4.69, 9.17) is 17.3 Å². The number of anilines is 1. The van der Waals surface area contributed by atoms with Crippen molar-refractivity contribution in [1.82, 2.24) is 9.55 Å².